The molecule has 1 aliphatic heterocycles. The molecule has 2 N–H and O–H groups in total. The third-order valence-electron chi connectivity index (χ3n) is 4.69. The highest BCUT2D eigenvalue weighted by Crippen LogP contribution is 2.16. The third kappa shape index (κ3) is 3.77. The van der Waals surface area contributed by atoms with E-state index in [0.29, 0.717) is 6.61 Å². The highest BCUT2D eigenvalue weighted by molar-refractivity contribution is 5.93. The van der Waals surface area contributed by atoms with E-state index in [0.717, 1.165) is 30.9 Å². The maximum Gasteiger partial charge on any atom is 0.282 e. The largest absolute Gasteiger partial charge is 0.494 e. The van der Waals surface area contributed by atoms with Crippen LogP contribution in [0, 0.1) is 0 Å². The Labute approximate surface area is 143 Å². The van der Waals surface area contributed by atoms with Crippen LogP contribution in [0.1, 0.15) is 25.0 Å². The summed E-state index contributed by atoms with van der Waals surface area (Å²) in [7, 11) is 0. The summed E-state index contributed by atoms with van der Waals surface area (Å²) in [6.07, 6.45) is 1.03. The van der Waals surface area contributed by atoms with Gasteiger partial charge in [0.15, 0.2) is 6.04 Å². The molecule has 0 aromatic heterocycles. The Bertz CT molecular complexity index is 697. The van der Waals surface area contributed by atoms with Gasteiger partial charge >= 0.3 is 0 Å². The van der Waals surface area contributed by atoms with Gasteiger partial charge in [0.25, 0.3) is 5.91 Å². The molecule has 1 heterocycles. The number of carbonyl (C=O) groups excluding carboxylic acids is 1. The van der Waals surface area contributed by atoms with Crippen LogP contribution in [-0.4, -0.2) is 25.1 Å². The average Bonchev–Trinajstić information content (AvgIpc) is 2.62. The molecule has 0 fully saturated rings. The quantitative estimate of drug-likeness (QED) is 0.884. The zero-order valence-corrected chi connectivity index (χ0v) is 14.3. The van der Waals surface area contributed by atoms with Crippen LogP contribution in [0.3, 0.4) is 0 Å². The summed E-state index contributed by atoms with van der Waals surface area (Å²) in [5, 5.41) is 3.02. The first-order valence-corrected chi connectivity index (χ1v) is 8.62. The Morgan fingerprint density at radius 2 is 1.88 bits per heavy atom. The Kier molecular flexibility index (Phi) is 5.16. The van der Waals surface area contributed by atoms with Crippen LogP contribution in [0.15, 0.2) is 48.5 Å². The van der Waals surface area contributed by atoms with Crippen molar-refractivity contribution >= 4 is 11.6 Å². The Balaban J connectivity index is 1.61. The Morgan fingerprint density at radius 1 is 1.17 bits per heavy atom. The van der Waals surface area contributed by atoms with Gasteiger partial charge in [0.2, 0.25) is 0 Å². The molecule has 0 radical (unpaired) electrons. The summed E-state index contributed by atoms with van der Waals surface area (Å²) < 4.78 is 5.42. The maximum absolute atomic E-state index is 12.6. The van der Waals surface area contributed by atoms with Crippen LogP contribution in [0.2, 0.25) is 0 Å². The predicted molar refractivity (Wildman–Crippen MR) is 95.4 cm³/mol. The number of anilines is 1. The SMILES string of the molecule is CCOc1ccc(NC(=O)[C@H](C)[NH+]2CCc3ccccc3C2)cc1. The van der Waals surface area contributed by atoms with Crippen molar-refractivity contribution in [2.45, 2.75) is 32.9 Å². The second kappa shape index (κ2) is 7.49. The van der Waals surface area contributed by atoms with Crippen molar-refractivity contribution in [3.8, 4) is 5.75 Å². The van der Waals surface area contributed by atoms with Gasteiger partial charge < -0.3 is 15.0 Å². The van der Waals surface area contributed by atoms with Gasteiger partial charge in [0.1, 0.15) is 12.3 Å². The molecular formula is C20H25N2O2+. The van der Waals surface area contributed by atoms with E-state index in [4.69, 9.17) is 4.74 Å². The van der Waals surface area contributed by atoms with Gasteiger partial charge in [-0.15, -0.1) is 0 Å². The number of hydrogen-bond donors (Lipinski definition) is 2. The molecule has 2 atom stereocenters. The summed E-state index contributed by atoms with van der Waals surface area (Å²) in [5.74, 6) is 0.885. The minimum atomic E-state index is -0.0788. The van der Waals surface area contributed by atoms with Crippen molar-refractivity contribution in [3.05, 3.63) is 59.7 Å². The molecule has 1 unspecified atom stereocenters. The van der Waals surface area contributed by atoms with Crippen LogP contribution >= 0.6 is 0 Å². The second-order valence-corrected chi connectivity index (χ2v) is 6.27. The van der Waals surface area contributed by atoms with Gasteiger partial charge in [-0.2, -0.15) is 0 Å². The van der Waals surface area contributed by atoms with Gasteiger partial charge in [0.05, 0.1) is 13.2 Å². The monoisotopic (exact) mass is 325 g/mol. The zero-order valence-electron chi connectivity index (χ0n) is 14.3. The highest BCUT2D eigenvalue weighted by atomic mass is 16.5. The van der Waals surface area contributed by atoms with Gasteiger partial charge in [0, 0.05) is 17.7 Å². The van der Waals surface area contributed by atoms with E-state index in [1.807, 2.05) is 38.1 Å². The first kappa shape index (κ1) is 16.5. The molecule has 0 bridgehead atoms. The van der Waals surface area contributed by atoms with E-state index < -0.39 is 0 Å². The number of amides is 1. The fraction of sp³-hybridized carbons (Fsp3) is 0.350. The van der Waals surface area contributed by atoms with E-state index in [1.54, 1.807) is 0 Å². The van der Waals surface area contributed by atoms with E-state index in [1.165, 1.54) is 16.0 Å². The number of carbonyl (C=O) groups is 1. The zero-order chi connectivity index (χ0) is 16.9. The standard InChI is InChI=1S/C20H24N2O2/c1-3-24-19-10-8-18(9-11-19)21-20(23)15(2)22-13-12-16-6-4-5-7-17(16)14-22/h4-11,15H,3,12-14H2,1-2H3,(H,21,23)/p+1/t15-/m0/s1. The van der Waals surface area contributed by atoms with Gasteiger partial charge in [-0.05, 0) is 43.7 Å². The summed E-state index contributed by atoms with van der Waals surface area (Å²) in [6.45, 7) is 6.51. The molecule has 1 amide bonds. The first-order valence-electron chi connectivity index (χ1n) is 8.62. The normalized spacial score (nSPS) is 17.7. The van der Waals surface area contributed by atoms with Crippen LogP contribution in [0.5, 0.6) is 5.75 Å². The molecule has 0 aliphatic carbocycles. The lowest BCUT2D eigenvalue weighted by molar-refractivity contribution is -0.929. The number of fused-ring (bicyclic) bond motifs is 1. The summed E-state index contributed by atoms with van der Waals surface area (Å²) in [4.78, 5) is 13.9. The van der Waals surface area contributed by atoms with Crippen LogP contribution in [0.25, 0.3) is 0 Å². The van der Waals surface area contributed by atoms with E-state index in [2.05, 4.69) is 29.6 Å². The molecule has 1 aliphatic rings. The number of nitrogens with one attached hydrogen (secondary N) is 2. The summed E-state index contributed by atoms with van der Waals surface area (Å²) in [6, 6.07) is 16.0. The lowest BCUT2D eigenvalue weighted by Crippen LogP contribution is -3.16. The molecule has 0 saturated carbocycles. The van der Waals surface area contributed by atoms with Crippen molar-refractivity contribution in [2.75, 3.05) is 18.5 Å². The van der Waals surface area contributed by atoms with Gasteiger partial charge in [-0.3, -0.25) is 4.79 Å². The first-order chi connectivity index (χ1) is 11.7. The molecule has 2 aromatic carbocycles. The van der Waals surface area contributed by atoms with Crippen molar-refractivity contribution in [1.29, 1.82) is 0 Å². The molecule has 24 heavy (non-hydrogen) atoms. The number of benzene rings is 2. The van der Waals surface area contributed by atoms with Crippen molar-refractivity contribution in [1.82, 2.24) is 0 Å². The Morgan fingerprint density at radius 3 is 2.58 bits per heavy atom. The van der Waals surface area contributed by atoms with Crippen molar-refractivity contribution in [2.24, 2.45) is 0 Å². The van der Waals surface area contributed by atoms with Crippen LogP contribution < -0.4 is 15.0 Å². The molecule has 4 nitrogen and oxygen atoms in total. The van der Waals surface area contributed by atoms with Crippen molar-refractivity contribution in [3.63, 3.8) is 0 Å². The maximum atomic E-state index is 12.6. The van der Waals surface area contributed by atoms with E-state index in [-0.39, 0.29) is 11.9 Å². The van der Waals surface area contributed by atoms with Gasteiger partial charge in [-0.25, -0.2) is 0 Å². The second-order valence-electron chi connectivity index (χ2n) is 6.27. The average molecular weight is 325 g/mol. The summed E-state index contributed by atoms with van der Waals surface area (Å²) >= 11 is 0. The molecule has 0 saturated heterocycles. The predicted octanol–water partition coefficient (Wildman–Crippen LogP) is 2.05. The lowest BCUT2D eigenvalue weighted by atomic mass is 9.99. The number of ether oxygens (including phenoxy) is 1. The molecule has 126 valence electrons. The number of rotatable bonds is 5. The Hall–Kier alpha value is -2.33. The molecule has 2 aromatic rings. The molecule has 4 heteroatoms. The minimum Gasteiger partial charge on any atom is -0.494 e. The third-order valence-corrected chi connectivity index (χ3v) is 4.69. The van der Waals surface area contributed by atoms with Gasteiger partial charge in [-0.1, -0.05) is 24.3 Å². The fourth-order valence-electron chi connectivity index (χ4n) is 3.21. The number of quaternary nitrogens is 1. The summed E-state index contributed by atoms with van der Waals surface area (Å²) in [5.41, 5.74) is 3.59. The highest BCUT2D eigenvalue weighted by Gasteiger charge is 2.28. The van der Waals surface area contributed by atoms with Crippen LogP contribution in [-0.2, 0) is 17.8 Å². The van der Waals surface area contributed by atoms with Crippen LogP contribution in [0.4, 0.5) is 5.69 Å². The number of hydrogen-bond acceptors (Lipinski definition) is 2. The smallest absolute Gasteiger partial charge is 0.282 e. The lowest BCUT2D eigenvalue weighted by Gasteiger charge is -2.30. The topological polar surface area (TPSA) is 42.8 Å². The molecule has 3 rings (SSSR count). The molecular weight excluding hydrogens is 300 g/mol. The minimum absolute atomic E-state index is 0.0635. The van der Waals surface area contributed by atoms with Crippen molar-refractivity contribution < 1.29 is 14.4 Å². The molecule has 0 spiro atoms. The fourth-order valence-corrected chi connectivity index (χ4v) is 3.21. The van der Waals surface area contributed by atoms with E-state index in [9.17, 15) is 4.79 Å². The van der Waals surface area contributed by atoms with E-state index >= 15 is 0 Å².